The Bertz CT molecular complexity index is 966. The molecule has 0 fully saturated rings. The predicted octanol–water partition coefficient (Wildman–Crippen LogP) is 4.06. The average Bonchev–Trinajstić information content (AvgIpc) is 2.66. The number of ether oxygens (including phenoxy) is 1. The second kappa shape index (κ2) is 9.27. The molecule has 0 aliphatic carbocycles. The molecule has 0 aliphatic heterocycles. The number of likely N-dealkylation sites (N-methyl/N-ethyl adjacent to an activating group) is 1. The smallest absolute Gasteiger partial charge is 0.333 e. The van der Waals surface area contributed by atoms with Crippen molar-refractivity contribution in [3.05, 3.63) is 60.7 Å². The highest BCUT2D eigenvalue weighted by atomic mass is 32.2. The zero-order chi connectivity index (χ0) is 20.7. The summed E-state index contributed by atoms with van der Waals surface area (Å²) in [5.74, 6) is -0.395. The van der Waals surface area contributed by atoms with Crippen LogP contribution in [0.5, 0.6) is 0 Å². The summed E-state index contributed by atoms with van der Waals surface area (Å²) in [6.07, 6.45) is 1.16. The van der Waals surface area contributed by atoms with Crippen LogP contribution in [0.2, 0.25) is 0 Å². The third-order valence-electron chi connectivity index (χ3n) is 3.84. The lowest BCUT2D eigenvalue weighted by atomic mass is 10.2. The molecule has 0 radical (unpaired) electrons. The zero-order valence-corrected chi connectivity index (χ0v) is 16.9. The largest absolute Gasteiger partial charge is 0.460 e. The molecule has 0 saturated heterocycles. The quantitative estimate of drug-likeness (QED) is 0.378. The Balaban J connectivity index is 1.93. The molecule has 0 saturated carbocycles. The van der Waals surface area contributed by atoms with E-state index < -0.39 is 15.8 Å². The summed E-state index contributed by atoms with van der Waals surface area (Å²) < 4.78 is 28.0. The Morgan fingerprint density at radius 3 is 2.00 bits per heavy atom. The van der Waals surface area contributed by atoms with Gasteiger partial charge in [-0.15, -0.1) is 0 Å². The maximum atomic E-state index is 11.5. The highest BCUT2D eigenvalue weighted by molar-refractivity contribution is 7.90. The van der Waals surface area contributed by atoms with E-state index >= 15 is 0 Å². The van der Waals surface area contributed by atoms with Gasteiger partial charge in [-0.25, -0.2) is 13.2 Å². The molecular formula is C20H23N3O4S. The van der Waals surface area contributed by atoms with E-state index in [0.29, 0.717) is 23.5 Å². The predicted molar refractivity (Wildman–Crippen MR) is 109 cm³/mol. The Morgan fingerprint density at radius 2 is 1.54 bits per heavy atom. The van der Waals surface area contributed by atoms with Crippen molar-refractivity contribution in [1.82, 2.24) is 0 Å². The second-order valence-electron chi connectivity index (χ2n) is 6.32. The van der Waals surface area contributed by atoms with Gasteiger partial charge in [-0.1, -0.05) is 6.58 Å². The summed E-state index contributed by atoms with van der Waals surface area (Å²) in [6, 6.07) is 13.6. The normalized spacial score (nSPS) is 11.4. The van der Waals surface area contributed by atoms with E-state index in [1.807, 2.05) is 36.2 Å². The van der Waals surface area contributed by atoms with Crippen molar-refractivity contribution in [1.29, 1.82) is 0 Å². The second-order valence-corrected chi connectivity index (χ2v) is 8.34. The van der Waals surface area contributed by atoms with Crippen LogP contribution in [0.3, 0.4) is 0 Å². The molecule has 0 unspecified atom stereocenters. The molecule has 0 amide bonds. The summed E-state index contributed by atoms with van der Waals surface area (Å²) in [7, 11) is -1.33. The number of hydrogen-bond acceptors (Lipinski definition) is 7. The first kappa shape index (κ1) is 21.3. The topological polar surface area (TPSA) is 88.4 Å². The minimum atomic E-state index is -3.22. The van der Waals surface area contributed by atoms with Crippen LogP contribution in [-0.4, -0.2) is 40.8 Å². The molecule has 0 aromatic heterocycles. The van der Waals surface area contributed by atoms with Crippen molar-refractivity contribution in [2.75, 3.05) is 31.4 Å². The number of esters is 1. The third kappa shape index (κ3) is 6.31. The number of nitrogens with zero attached hydrogens (tertiary/aromatic N) is 3. The van der Waals surface area contributed by atoms with Gasteiger partial charge in [0.1, 0.15) is 6.61 Å². The van der Waals surface area contributed by atoms with Gasteiger partial charge >= 0.3 is 5.97 Å². The Kier molecular flexibility index (Phi) is 7.06. The molecule has 8 heteroatoms. The van der Waals surface area contributed by atoms with Crippen LogP contribution >= 0.6 is 0 Å². The minimum absolute atomic E-state index is 0.243. The standard InChI is InChI=1S/C20H23N3O4S/c1-15(2)20(24)27-14-13-23(3)18-9-5-16(6-10-18)21-22-17-7-11-19(12-8-17)28(4,25)26/h5-12H,1,13-14H2,2-4H3. The van der Waals surface area contributed by atoms with Crippen molar-refractivity contribution in [3.8, 4) is 0 Å². The third-order valence-corrected chi connectivity index (χ3v) is 4.97. The molecule has 0 N–H and O–H groups in total. The highest BCUT2D eigenvalue weighted by Gasteiger charge is 2.06. The van der Waals surface area contributed by atoms with Crippen molar-refractivity contribution < 1.29 is 17.9 Å². The minimum Gasteiger partial charge on any atom is -0.460 e. The fourth-order valence-electron chi connectivity index (χ4n) is 2.18. The van der Waals surface area contributed by atoms with E-state index in [2.05, 4.69) is 16.8 Å². The number of rotatable bonds is 8. The molecule has 0 bridgehead atoms. The van der Waals surface area contributed by atoms with Gasteiger partial charge in [0, 0.05) is 24.6 Å². The SMILES string of the molecule is C=C(C)C(=O)OCCN(C)c1ccc(N=Nc2ccc(S(C)(=O)=O)cc2)cc1. The van der Waals surface area contributed by atoms with Gasteiger partial charge < -0.3 is 9.64 Å². The van der Waals surface area contributed by atoms with Gasteiger partial charge in [-0.05, 0) is 55.5 Å². The van der Waals surface area contributed by atoms with Crippen LogP contribution in [0.15, 0.2) is 75.8 Å². The van der Waals surface area contributed by atoms with Crippen molar-refractivity contribution in [2.45, 2.75) is 11.8 Å². The average molecular weight is 401 g/mol. The number of hydrogen-bond donors (Lipinski definition) is 0. The number of carbonyl (C=O) groups is 1. The first-order valence-electron chi connectivity index (χ1n) is 8.52. The first-order chi connectivity index (χ1) is 13.2. The Hall–Kier alpha value is -3.00. The number of carbonyl (C=O) groups excluding carboxylic acids is 1. The van der Waals surface area contributed by atoms with Crippen molar-refractivity contribution >= 4 is 32.9 Å². The maximum absolute atomic E-state index is 11.5. The molecule has 0 atom stereocenters. The molecule has 2 rings (SSSR count). The molecule has 2 aromatic rings. The van der Waals surface area contributed by atoms with E-state index in [1.54, 1.807) is 19.1 Å². The van der Waals surface area contributed by atoms with Crippen LogP contribution in [0, 0.1) is 0 Å². The van der Waals surface area contributed by atoms with E-state index in [1.165, 1.54) is 12.1 Å². The lowest BCUT2D eigenvalue weighted by molar-refractivity contribution is -0.138. The van der Waals surface area contributed by atoms with Gasteiger partial charge in [-0.2, -0.15) is 10.2 Å². The Labute approximate surface area is 165 Å². The van der Waals surface area contributed by atoms with Gasteiger partial charge in [0.05, 0.1) is 22.8 Å². The van der Waals surface area contributed by atoms with E-state index in [4.69, 9.17) is 4.74 Å². The van der Waals surface area contributed by atoms with E-state index in [0.717, 1.165) is 11.9 Å². The van der Waals surface area contributed by atoms with Crippen LogP contribution in [0.25, 0.3) is 0 Å². The molecule has 2 aromatic carbocycles. The summed E-state index contributed by atoms with van der Waals surface area (Å²) in [4.78, 5) is 13.6. The lowest BCUT2D eigenvalue weighted by Gasteiger charge is -2.19. The van der Waals surface area contributed by atoms with Gasteiger partial charge in [0.15, 0.2) is 9.84 Å². The van der Waals surface area contributed by atoms with Crippen LogP contribution in [0.1, 0.15) is 6.92 Å². The molecule has 28 heavy (non-hydrogen) atoms. The lowest BCUT2D eigenvalue weighted by Crippen LogP contribution is -2.23. The maximum Gasteiger partial charge on any atom is 0.333 e. The Morgan fingerprint density at radius 1 is 1.04 bits per heavy atom. The number of anilines is 1. The number of sulfone groups is 1. The van der Waals surface area contributed by atoms with Gasteiger partial charge in [0.25, 0.3) is 0 Å². The summed E-state index contributed by atoms with van der Waals surface area (Å²) in [5, 5.41) is 8.26. The van der Waals surface area contributed by atoms with Crippen LogP contribution < -0.4 is 4.90 Å². The monoisotopic (exact) mass is 401 g/mol. The van der Waals surface area contributed by atoms with Crippen LogP contribution in [-0.2, 0) is 19.4 Å². The molecule has 0 spiro atoms. The fourth-order valence-corrected chi connectivity index (χ4v) is 2.81. The summed E-state index contributed by atoms with van der Waals surface area (Å²) in [6.45, 7) is 5.97. The van der Waals surface area contributed by atoms with Gasteiger partial charge in [0.2, 0.25) is 0 Å². The number of benzene rings is 2. The van der Waals surface area contributed by atoms with Crippen LogP contribution in [0.4, 0.5) is 17.1 Å². The summed E-state index contributed by atoms with van der Waals surface area (Å²) >= 11 is 0. The van der Waals surface area contributed by atoms with Crippen molar-refractivity contribution in [3.63, 3.8) is 0 Å². The highest BCUT2D eigenvalue weighted by Crippen LogP contribution is 2.22. The number of azo groups is 1. The van der Waals surface area contributed by atoms with Crippen molar-refractivity contribution in [2.24, 2.45) is 10.2 Å². The molecule has 148 valence electrons. The first-order valence-corrected chi connectivity index (χ1v) is 10.4. The molecular weight excluding hydrogens is 378 g/mol. The summed E-state index contributed by atoms with van der Waals surface area (Å²) in [5.41, 5.74) is 2.55. The van der Waals surface area contributed by atoms with E-state index in [9.17, 15) is 13.2 Å². The van der Waals surface area contributed by atoms with E-state index in [-0.39, 0.29) is 11.5 Å². The molecule has 0 heterocycles. The molecule has 0 aliphatic rings. The fraction of sp³-hybridized carbons (Fsp3) is 0.250. The van der Waals surface area contributed by atoms with Gasteiger partial charge in [-0.3, -0.25) is 0 Å². The molecule has 7 nitrogen and oxygen atoms in total. The zero-order valence-electron chi connectivity index (χ0n) is 16.1.